The Morgan fingerprint density at radius 1 is 1.09 bits per heavy atom. The molecule has 0 bridgehead atoms. The molecular weight excluding hydrogens is 282 g/mol. The molecule has 0 fully saturated rings. The third-order valence-corrected chi connectivity index (χ3v) is 3.10. The number of nitrogens with one attached hydrogen (secondary N) is 2. The summed E-state index contributed by atoms with van der Waals surface area (Å²) >= 11 is 0. The minimum absolute atomic E-state index is 0.0465. The van der Waals surface area contributed by atoms with E-state index in [0.717, 1.165) is 11.3 Å². The number of benzene rings is 2. The highest BCUT2D eigenvalue weighted by atomic mass is 16.6. The third kappa shape index (κ3) is 3.09. The second-order valence-corrected chi connectivity index (χ2v) is 4.63. The molecule has 3 rings (SSSR count). The Morgan fingerprint density at radius 3 is 2.50 bits per heavy atom. The van der Waals surface area contributed by atoms with Crippen LogP contribution in [0, 0.1) is 10.1 Å². The highest BCUT2D eigenvalue weighted by Gasteiger charge is 2.09. The first-order valence-electron chi connectivity index (χ1n) is 6.67. The van der Waals surface area contributed by atoms with Crippen LogP contribution >= 0.6 is 0 Å². The van der Waals surface area contributed by atoms with E-state index >= 15 is 0 Å². The van der Waals surface area contributed by atoms with E-state index in [-0.39, 0.29) is 5.69 Å². The van der Waals surface area contributed by atoms with E-state index in [1.54, 1.807) is 12.1 Å². The molecule has 0 radical (unpaired) electrons. The zero-order valence-corrected chi connectivity index (χ0v) is 11.6. The van der Waals surface area contributed by atoms with Gasteiger partial charge in [0.2, 0.25) is 0 Å². The molecule has 7 heteroatoms. The molecule has 3 aromatic rings. The molecule has 0 saturated heterocycles. The van der Waals surface area contributed by atoms with Crippen molar-refractivity contribution in [2.45, 2.75) is 6.54 Å². The van der Waals surface area contributed by atoms with Gasteiger partial charge < -0.3 is 5.32 Å². The zero-order valence-electron chi connectivity index (χ0n) is 11.6. The van der Waals surface area contributed by atoms with Crippen molar-refractivity contribution in [3.05, 3.63) is 70.5 Å². The maximum atomic E-state index is 10.6. The van der Waals surface area contributed by atoms with Gasteiger partial charge in [-0.3, -0.25) is 15.2 Å². The number of H-pyrrole nitrogens is 1. The first-order valence-corrected chi connectivity index (χ1v) is 6.67. The first kappa shape index (κ1) is 13.7. The minimum atomic E-state index is -0.434. The Bertz CT molecular complexity index is 768. The smallest absolute Gasteiger partial charge is 0.269 e. The van der Waals surface area contributed by atoms with Crippen LogP contribution in [0.5, 0.6) is 0 Å². The topological polar surface area (TPSA) is 96.7 Å². The Labute approximate surface area is 126 Å². The summed E-state index contributed by atoms with van der Waals surface area (Å²) in [5.74, 6) is 1.21. The molecule has 2 N–H and O–H groups in total. The maximum Gasteiger partial charge on any atom is 0.269 e. The number of anilines is 1. The number of nitro benzene ring substituents is 1. The Morgan fingerprint density at radius 2 is 1.82 bits per heavy atom. The maximum absolute atomic E-state index is 10.6. The summed E-state index contributed by atoms with van der Waals surface area (Å²) in [4.78, 5) is 14.6. The molecule has 0 saturated carbocycles. The van der Waals surface area contributed by atoms with Crippen LogP contribution in [-0.2, 0) is 6.54 Å². The van der Waals surface area contributed by atoms with E-state index in [0.29, 0.717) is 18.2 Å². The molecule has 0 aliphatic carbocycles. The van der Waals surface area contributed by atoms with Gasteiger partial charge in [-0.15, -0.1) is 0 Å². The van der Waals surface area contributed by atoms with Gasteiger partial charge in [0.15, 0.2) is 5.82 Å². The molecule has 0 aliphatic rings. The van der Waals surface area contributed by atoms with Crippen molar-refractivity contribution in [3.8, 4) is 11.4 Å². The van der Waals surface area contributed by atoms with Crippen LogP contribution in [-0.4, -0.2) is 20.1 Å². The average molecular weight is 295 g/mol. The lowest BCUT2D eigenvalue weighted by atomic mass is 10.2. The largest absolute Gasteiger partial charge is 0.378 e. The van der Waals surface area contributed by atoms with E-state index in [4.69, 9.17) is 0 Å². The van der Waals surface area contributed by atoms with Gasteiger partial charge in [0, 0.05) is 23.4 Å². The summed E-state index contributed by atoms with van der Waals surface area (Å²) in [5.41, 5.74) is 1.77. The summed E-state index contributed by atoms with van der Waals surface area (Å²) in [7, 11) is 0. The number of para-hydroxylation sites is 1. The Balaban J connectivity index is 1.69. The van der Waals surface area contributed by atoms with Crippen molar-refractivity contribution in [2.75, 3.05) is 5.32 Å². The van der Waals surface area contributed by atoms with Crippen LogP contribution < -0.4 is 5.32 Å². The van der Waals surface area contributed by atoms with Crippen LogP contribution in [0.15, 0.2) is 54.6 Å². The molecule has 22 heavy (non-hydrogen) atoms. The van der Waals surface area contributed by atoms with Gasteiger partial charge in [-0.25, -0.2) is 4.98 Å². The zero-order chi connectivity index (χ0) is 15.4. The van der Waals surface area contributed by atoms with Crippen molar-refractivity contribution < 1.29 is 4.92 Å². The van der Waals surface area contributed by atoms with E-state index in [2.05, 4.69) is 20.5 Å². The number of hydrogen-bond acceptors (Lipinski definition) is 5. The molecule has 0 unspecified atom stereocenters. The summed E-state index contributed by atoms with van der Waals surface area (Å²) in [5, 5.41) is 20.8. The molecule has 1 aromatic heterocycles. The van der Waals surface area contributed by atoms with E-state index < -0.39 is 4.92 Å². The minimum Gasteiger partial charge on any atom is -0.378 e. The predicted octanol–water partition coefficient (Wildman–Crippen LogP) is 2.99. The lowest BCUT2D eigenvalue weighted by Crippen LogP contribution is -2.00. The lowest BCUT2D eigenvalue weighted by molar-refractivity contribution is -0.384. The fourth-order valence-electron chi connectivity index (χ4n) is 1.98. The lowest BCUT2D eigenvalue weighted by Gasteiger charge is -2.02. The Kier molecular flexibility index (Phi) is 3.78. The number of rotatable bonds is 5. The molecule has 7 nitrogen and oxygen atoms in total. The quantitative estimate of drug-likeness (QED) is 0.557. The van der Waals surface area contributed by atoms with Crippen LogP contribution in [0.3, 0.4) is 0 Å². The SMILES string of the molecule is O=[N+]([O-])c1ccc(-c2n[nH]c(CNc3ccccc3)n2)cc1. The number of aromatic nitrogens is 3. The molecular formula is C15H13N5O2. The molecule has 1 heterocycles. The highest BCUT2D eigenvalue weighted by molar-refractivity contribution is 5.57. The molecule has 0 amide bonds. The van der Waals surface area contributed by atoms with Gasteiger partial charge in [-0.1, -0.05) is 18.2 Å². The van der Waals surface area contributed by atoms with Gasteiger partial charge in [0.05, 0.1) is 11.5 Å². The van der Waals surface area contributed by atoms with Crippen LogP contribution in [0.4, 0.5) is 11.4 Å². The van der Waals surface area contributed by atoms with Gasteiger partial charge in [0.25, 0.3) is 5.69 Å². The summed E-state index contributed by atoms with van der Waals surface area (Å²) in [6, 6.07) is 15.9. The van der Waals surface area contributed by atoms with Gasteiger partial charge >= 0.3 is 0 Å². The first-order chi connectivity index (χ1) is 10.7. The predicted molar refractivity (Wildman–Crippen MR) is 82.2 cm³/mol. The molecule has 0 atom stereocenters. The highest BCUT2D eigenvalue weighted by Crippen LogP contribution is 2.19. The summed E-state index contributed by atoms with van der Waals surface area (Å²) < 4.78 is 0. The van der Waals surface area contributed by atoms with E-state index in [1.165, 1.54) is 12.1 Å². The average Bonchev–Trinajstić information content (AvgIpc) is 3.03. The fourth-order valence-corrected chi connectivity index (χ4v) is 1.98. The summed E-state index contributed by atoms with van der Waals surface area (Å²) in [6.45, 7) is 0.518. The van der Waals surface area contributed by atoms with Crippen LogP contribution in [0.25, 0.3) is 11.4 Å². The Hall–Kier alpha value is -3.22. The standard InChI is InChI=1S/C15H13N5O2/c21-20(22)13-8-6-11(7-9-13)15-17-14(18-19-15)10-16-12-4-2-1-3-5-12/h1-9,16H,10H2,(H,17,18,19). The molecule has 0 spiro atoms. The number of nitrogens with zero attached hydrogens (tertiary/aromatic N) is 3. The van der Waals surface area contributed by atoms with Gasteiger partial charge in [-0.05, 0) is 24.3 Å². The van der Waals surface area contributed by atoms with Crippen LogP contribution in [0.2, 0.25) is 0 Å². The van der Waals surface area contributed by atoms with Gasteiger partial charge in [-0.2, -0.15) is 5.10 Å². The number of nitro groups is 1. The monoisotopic (exact) mass is 295 g/mol. The normalized spacial score (nSPS) is 10.4. The van der Waals surface area contributed by atoms with Crippen LogP contribution in [0.1, 0.15) is 5.82 Å². The number of aromatic amines is 1. The van der Waals surface area contributed by atoms with E-state index in [1.807, 2.05) is 30.3 Å². The number of non-ortho nitro benzene ring substituents is 1. The fraction of sp³-hybridized carbons (Fsp3) is 0.0667. The van der Waals surface area contributed by atoms with Crippen molar-refractivity contribution in [1.82, 2.24) is 15.2 Å². The second-order valence-electron chi connectivity index (χ2n) is 4.63. The van der Waals surface area contributed by atoms with E-state index in [9.17, 15) is 10.1 Å². The molecule has 0 aliphatic heterocycles. The molecule has 2 aromatic carbocycles. The summed E-state index contributed by atoms with van der Waals surface area (Å²) in [6.07, 6.45) is 0. The number of hydrogen-bond donors (Lipinski definition) is 2. The van der Waals surface area contributed by atoms with Crippen molar-refractivity contribution in [2.24, 2.45) is 0 Å². The molecule has 110 valence electrons. The third-order valence-electron chi connectivity index (χ3n) is 3.10. The van der Waals surface area contributed by atoms with Gasteiger partial charge in [0.1, 0.15) is 5.82 Å². The van der Waals surface area contributed by atoms with Crippen molar-refractivity contribution in [1.29, 1.82) is 0 Å². The van der Waals surface area contributed by atoms with Crippen molar-refractivity contribution >= 4 is 11.4 Å². The van der Waals surface area contributed by atoms with Crippen molar-refractivity contribution in [3.63, 3.8) is 0 Å². The second kappa shape index (κ2) is 6.04.